The fourth-order valence-corrected chi connectivity index (χ4v) is 2.83. The molecule has 0 radical (unpaired) electrons. The number of carbonyl (C=O) groups is 1. The van der Waals surface area contributed by atoms with Crippen molar-refractivity contribution in [1.29, 1.82) is 5.26 Å². The Balaban J connectivity index is 2.60. The van der Waals surface area contributed by atoms with Gasteiger partial charge < -0.3 is 4.74 Å². The molecule has 0 aromatic carbocycles. The van der Waals surface area contributed by atoms with Crippen molar-refractivity contribution in [3.63, 3.8) is 0 Å². The highest BCUT2D eigenvalue weighted by Gasteiger charge is 2.21. The summed E-state index contributed by atoms with van der Waals surface area (Å²) in [4.78, 5) is 29.2. The molecule has 0 saturated heterocycles. The molecular weight excluding hydrogens is 278 g/mol. The van der Waals surface area contributed by atoms with Crippen LogP contribution >= 0.6 is 11.3 Å². The molecule has 0 aliphatic rings. The molecule has 0 amide bonds. The minimum absolute atomic E-state index is 0.0666. The molecule has 2 aromatic rings. The van der Waals surface area contributed by atoms with Crippen LogP contribution in [0.4, 0.5) is 0 Å². The summed E-state index contributed by atoms with van der Waals surface area (Å²) < 4.78 is 6.37. The summed E-state index contributed by atoms with van der Waals surface area (Å²) in [6, 6.07) is 1.90. The number of ether oxygens (including phenoxy) is 1. The van der Waals surface area contributed by atoms with Crippen molar-refractivity contribution in [1.82, 2.24) is 9.55 Å². The number of hydrogen-bond donors (Lipinski definition) is 0. The van der Waals surface area contributed by atoms with Crippen LogP contribution in [-0.2, 0) is 11.3 Å². The van der Waals surface area contributed by atoms with E-state index in [9.17, 15) is 9.59 Å². The van der Waals surface area contributed by atoms with Crippen LogP contribution in [0.1, 0.15) is 29.1 Å². The first-order valence-corrected chi connectivity index (χ1v) is 6.83. The third-order valence-electron chi connectivity index (χ3n) is 2.69. The van der Waals surface area contributed by atoms with Gasteiger partial charge in [-0.25, -0.2) is 9.78 Å². The van der Waals surface area contributed by atoms with E-state index < -0.39 is 5.97 Å². The molecule has 0 aliphatic carbocycles. The molecule has 6 nitrogen and oxygen atoms in total. The molecule has 0 aliphatic heterocycles. The van der Waals surface area contributed by atoms with Crippen molar-refractivity contribution in [3.8, 4) is 6.07 Å². The van der Waals surface area contributed by atoms with Crippen LogP contribution in [0.2, 0.25) is 0 Å². The van der Waals surface area contributed by atoms with Gasteiger partial charge in [0.15, 0.2) is 0 Å². The standard InChI is InChI=1S/C13H13N3O3S/c1-7(2)19-13(18)10-8(3)9-11(20-10)15-6-16(5-4-14)12(9)17/h6-7H,5H2,1-3H3. The Kier molecular flexibility index (Phi) is 3.86. The molecule has 2 rings (SSSR count). The smallest absolute Gasteiger partial charge is 0.348 e. The lowest BCUT2D eigenvalue weighted by Crippen LogP contribution is -2.20. The third-order valence-corrected chi connectivity index (χ3v) is 3.87. The number of nitriles is 1. The number of thiophene rings is 1. The van der Waals surface area contributed by atoms with E-state index in [4.69, 9.17) is 10.00 Å². The first-order valence-electron chi connectivity index (χ1n) is 6.02. The summed E-state index contributed by atoms with van der Waals surface area (Å²) in [6.45, 7) is 5.15. The summed E-state index contributed by atoms with van der Waals surface area (Å²) in [6.07, 6.45) is 1.09. The van der Waals surface area contributed by atoms with Gasteiger partial charge in [0.2, 0.25) is 0 Å². The van der Waals surface area contributed by atoms with Gasteiger partial charge in [-0.2, -0.15) is 5.26 Å². The summed E-state index contributed by atoms with van der Waals surface area (Å²) in [5.41, 5.74) is 0.245. The molecule has 7 heteroatoms. The predicted molar refractivity (Wildman–Crippen MR) is 74.8 cm³/mol. The summed E-state index contributed by atoms with van der Waals surface area (Å²) in [5, 5.41) is 9.05. The van der Waals surface area contributed by atoms with Gasteiger partial charge in [0, 0.05) is 0 Å². The van der Waals surface area contributed by atoms with Gasteiger partial charge in [-0.05, 0) is 26.3 Å². The zero-order valence-electron chi connectivity index (χ0n) is 11.3. The molecule has 0 saturated carbocycles. The second kappa shape index (κ2) is 5.43. The average molecular weight is 291 g/mol. The highest BCUT2D eigenvalue weighted by molar-refractivity contribution is 7.20. The van der Waals surface area contributed by atoms with Gasteiger partial charge in [0.1, 0.15) is 22.6 Å². The number of fused-ring (bicyclic) bond motifs is 1. The highest BCUT2D eigenvalue weighted by Crippen LogP contribution is 2.27. The molecule has 0 bridgehead atoms. The number of rotatable bonds is 3. The molecule has 0 fully saturated rings. The SMILES string of the molecule is Cc1c(C(=O)OC(C)C)sc2ncn(CC#N)c(=O)c12. The average Bonchev–Trinajstić information content (AvgIpc) is 2.70. The Morgan fingerprint density at radius 1 is 1.60 bits per heavy atom. The maximum atomic E-state index is 12.2. The second-order valence-electron chi connectivity index (χ2n) is 4.53. The number of nitrogens with zero attached hydrogens (tertiary/aromatic N) is 3. The number of aromatic nitrogens is 2. The fraction of sp³-hybridized carbons (Fsp3) is 0.385. The van der Waals surface area contributed by atoms with Crippen molar-refractivity contribution in [2.24, 2.45) is 0 Å². The van der Waals surface area contributed by atoms with E-state index >= 15 is 0 Å². The fourth-order valence-electron chi connectivity index (χ4n) is 1.81. The molecule has 20 heavy (non-hydrogen) atoms. The minimum atomic E-state index is -0.452. The first-order chi connectivity index (χ1) is 9.45. The summed E-state index contributed by atoms with van der Waals surface area (Å²) in [7, 11) is 0. The normalized spacial score (nSPS) is 10.8. The third kappa shape index (κ3) is 2.42. The first kappa shape index (κ1) is 14.2. The van der Waals surface area contributed by atoms with E-state index in [0.29, 0.717) is 20.7 Å². The Hall–Kier alpha value is -2.20. The highest BCUT2D eigenvalue weighted by atomic mass is 32.1. The van der Waals surface area contributed by atoms with Gasteiger partial charge in [-0.1, -0.05) is 0 Å². The Labute approximate surface area is 119 Å². The number of aryl methyl sites for hydroxylation is 1. The molecule has 0 spiro atoms. The van der Waals surface area contributed by atoms with Gasteiger partial charge in [0.25, 0.3) is 5.56 Å². The zero-order chi connectivity index (χ0) is 14.9. The van der Waals surface area contributed by atoms with Crippen LogP contribution in [0.5, 0.6) is 0 Å². The topological polar surface area (TPSA) is 85.0 Å². The Morgan fingerprint density at radius 2 is 2.30 bits per heavy atom. The molecule has 0 N–H and O–H groups in total. The molecule has 2 heterocycles. The van der Waals surface area contributed by atoms with Gasteiger partial charge in [-0.3, -0.25) is 9.36 Å². The van der Waals surface area contributed by atoms with E-state index in [0.717, 1.165) is 11.3 Å². The van der Waals surface area contributed by atoms with Crippen LogP contribution in [0, 0.1) is 18.3 Å². The van der Waals surface area contributed by atoms with Crippen molar-refractivity contribution in [2.45, 2.75) is 33.4 Å². The number of hydrogen-bond acceptors (Lipinski definition) is 6. The van der Waals surface area contributed by atoms with Crippen LogP contribution < -0.4 is 5.56 Å². The van der Waals surface area contributed by atoms with Crippen molar-refractivity contribution < 1.29 is 9.53 Å². The quantitative estimate of drug-likeness (QED) is 0.806. The number of esters is 1. The number of carbonyl (C=O) groups excluding carboxylic acids is 1. The van der Waals surface area contributed by atoms with Gasteiger partial charge in [-0.15, -0.1) is 11.3 Å². The van der Waals surface area contributed by atoms with Crippen molar-refractivity contribution in [3.05, 3.63) is 27.1 Å². The lowest BCUT2D eigenvalue weighted by Gasteiger charge is -2.06. The Morgan fingerprint density at radius 3 is 2.90 bits per heavy atom. The summed E-state index contributed by atoms with van der Waals surface area (Å²) >= 11 is 1.13. The second-order valence-corrected chi connectivity index (χ2v) is 5.53. The van der Waals surface area contributed by atoms with E-state index in [1.807, 2.05) is 6.07 Å². The van der Waals surface area contributed by atoms with E-state index in [1.54, 1.807) is 20.8 Å². The monoisotopic (exact) mass is 291 g/mol. The van der Waals surface area contributed by atoms with E-state index in [2.05, 4.69) is 4.98 Å². The van der Waals surface area contributed by atoms with E-state index in [-0.39, 0.29) is 18.2 Å². The molecule has 0 unspecified atom stereocenters. The van der Waals surface area contributed by atoms with Crippen LogP contribution in [0.15, 0.2) is 11.1 Å². The molecule has 2 aromatic heterocycles. The molecule has 0 atom stereocenters. The molecule has 104 valence electrons. The van der Waals surface area contributed by atoms with Crippen molar-refractivity contribution in [2.75, 3.05) is 0 Å². The lowest BCUT2D eigenvalue weighted by atomic mass is 10.2. The van der Waals surface area contributed by atoms with Crippen LogP contribution in [0.25, 0.3) is 10.2 Å². The van der Waals surface area contributed by atoms with Crippen molar-refractivity contribution >= 4 is 27.5 Å². The van der Waals surface area contributed by atoms with Gasteiger partial charge in [0.05, 0.1) is 17.6 Å². The minimum Gasteiger partial charge on any atom is -0.459 e. The predicted octanol–water partition coefficient (Wildman–Crippen LogP) is 1.86. The zero-order valence-corrected chi connectivity index (χ0v) is 12.2. The van der Waals surface area contributed by atoms with Crippen LogP contribution in [0.3, 0.4) is 0 Å². The Bertz CT molecular complexity index is 767. The maximum absolute atomic E-state index is 12.2. The largest absolute Gasteiger partial charge is 0.459 e. The van der Waals surface area contributed by atoms with E-state index in [1.165, 1.54) is 10.9 Å². The van der Waals surface area contributed by atoms with Crippen LogP contribution in [-0.4, -0.2) is 21.6 Å². The molecular formula is C13H13N3O3S. The lowest BCUT2D eigenvalue weighted by molar-refractivity contribution is 0.0383. The summed E-state index contributed by atoms with van der Waals surface area (Å²) in [5.74, 6) is -0.452. The maximum Gasteiger partial charge on any atom is 0.348 e. The van der Waals surface area contributed by atoms with Gasteiger partial charge >= 0.3 is 5.97 Å².